The molecule has 1 aromatic heterocycles. The van der Waals surface area contributed by atoms with Crippen LogP contribution in [-0.4, -0.2) is 51.4 Å². The standard InChI is InChI=1S/C12H17ClN4O/c1-12(2)11(18)16(3)4-5-17(12)8-9-6-15-10(13)7-14-9/h6-7H,4-5,8H2,1-3H3. The summed E-state index contributed by atoms with van der Waals surface area (Å²) in [4.78, 5) is 24.2. The van der Waals surface area contributed by atoms with Crippen LogP contribution in [-0.2, 0) is 11.3 Å². The summed E-state index contributed by atoms with van der Waals surface area (Å²) in [7, 11) is 1.84. The Morgan fingerprint density at radius 3 is 2.67 bits per heavy atom. The van der Waals surface area contributed by atoms with Crippen molar-refractivity contribution in [1.29, 1.82) is 0 Å². The average Bonchev–Trinajstić information content (AvgIpc) is 2.33. The molecule has 2 rings (SSSR count). The lowest BCUT2D eigenvalue weighted by Gasteiger charge is -2.44. The van der Waals surface area contributed by atoms with Gasteiger partial charge in [0.05, 0.1) is 23.6 Å². The van der Waals surface area contributed by atoms with Crippen LogP contribution in [0.1, 0.15) is 19.5 Å². The summed E-state index contributed by atoms with van der Waals surface area (Å²) in [5.41, 5.74) is 0.318. The third-order valence-electron chi connectivity index (χ3n) is 3.39. The quantitative estimate of drug-likeness (QED) is 0.808. The van der Waals surface area contributed by atoms with Crippen molar-refractivity contribution in [3.63, 3.8) is 0 Å². The van der Waals surface area contributed by atoms with Crippen LogP contribution >= 0.6 is 11.6 Å². The van der Waals surface area contributed by atoms with E-state index in [2.05, 4.69) is 14.9 Å². The first-order valence-electron chi connectivity index (χ1n) is 5.88. The van der Waals surface area contributed by atoms with E-state index in [0.29, 0.717) is 11.7 Å². The highest BCUT2D eigenvalue weighted by Gasteiger charge is 2.40. The van der Waals surface area contributed by atoms with Gasteiger partial charge in [0.1, 0.15) is 5.15 Å². The summed E-state index contributed by atoms with van der Waals surface area (Å²) in [5.74, 6) is 0.135. The van der Waals surface area contributed by atoms with Crippen LogP contribution in [0.3, 0.4) is 0 Å². The molecule has 5 nitrogen and oxygen atoms in total. The molecule has 1 aliphatic heterocycles. The third-order valence-corrected chi connectivity index (χ3v) is 3.59. The second-order valence-corrected chi connectivity index (χ2v) is 5.42. The van der Waals surface area contributed by atoms with Crippen molar-refractivity contribution in [3.8, 4) is 0 Å². The first-order chi connectivity index (χ1) is 8.41. The minimum atomic E-state index is -0.506. The fraction of sp³-hybridized carbons (Fsp3) is 0.583. The van der Waals surface area contributed by atoms with Crippen LogP contribution < -0.4 is 0 Å². The molecule has 1 fully saturated rings. The Kier molecular flexibility index (Phi) is 3.54. The van der Waals surface area contributed by atoms with Gasteiger partial charge in [-0.1, -0.05) is 11.6 Å². The number of carbonyl (C=O) groups is 1. The van der Waals surface area contributed by atoms with E-state index in [1.807, 2.05) is 20.9 Å². The van der Waals surface area contributed by atoms with Crippen molar-refractivity contribution in [2.75, 3.05) is 20.1 Å². The van der Waals surface area contributed by atoms with Crippen LogP contribution in [0.15, 0.2) is 12.4 Å². The molecule has 1 amide bonds. The molecule has 0 radical (unpaired) electrons. The van der Waals surface area contributed by atoms with Gasteiger partial charge in [-0.2, -0.15) is 0 Å². The Hall–Kier alpha value is -1.20. The van der Waals surface area contributed by atoms with E-state index in [-0.39, 0.29) is 5.91 Å². The summed E-state index contributed by atoms with van der Waals surface area (Å²) in [6.07, 6.45) is 3.18. The Morgan fingerprint density at radius 2 is 2.06 bits per heavy atom. The highest BCUT2D eigenvalue weighted by Crippen LogP contribution is 2.23. The van der Waals surface area contributed by atoms with Gasteiger partial charge in [-0.05, 0) is 13.8 Å². The minimum absolute atomic E-state index is 0.135. The van der Waals surface area contributed by atoms with Crippen LogP contribution in [0, 0.1) is 0 Å². The molecule has 0 spiro atoms. The van der Waals surface area contributed by atoms with Gasteiger partial charge in [0.2, 0.25) is 5.91 Å². The molecule has 0 N–H and O–H groups in total. The molecule has 1 aromatic rings. The van der Waals surface area contributed by atoms with Gasteiger partial charge in [0.15, 0.2) is 0 Å². The molecule has 0 atom stereocenters. The summed E-state index contributed by atoms with van der Waals surface area (Å²) in [6, 6.07) is 0. The van der Waals surface area contributed by atoms with Crippen molar-refractivity contribution in [2.45, 2.75) is 25.9 Å². The van der Waals surface area contributed by atoms with Crippen LogP contribution in [0.2, 0.25) is 5.15 Å². The first-order valence-corrected chi connectivity index (χ1v) is 6.26. The number of carbonyl (C=O) groups excluding carboxylic acids is 1. The molecule has 0 aromatic carbocycles. The van der Waals surface area contributed by atoms with E-state index >= 15 is 0 Å². The maximum absolute atomic E-state index is 12.1. The van der Waals surface area contributed by atoms with Gasteiger partial charge in [-0.25, -0.2) is 4.98 Å². The van der Waals surface area contributed by atoms with Gasteiger partial charge in [-0.15, -0.1) is 0 Å². The normalized spacial score (nSPS) is 20.2. The molecular weight excluding hydrogens is 252 g/mol. The largest absolute Gasteiger partial charge is 0.343 e. The topological polar surface area (TPSA) is 49.3 Å². The highest BCUT2D eigenvalue weighted by atomic mass is 35.5. The Bertz CT molecular complexity index is 446. The van der Waals surface area contributed by atoms with Crippen molar-refractivity contribution in [3.05, 3.63) is 23.2 Å². The summed E-state index contributed by atoms with van der Waals surface area (Å²) in [5, 5.41) is 0.382. The molecule has 2 heterocycles. The number of amides is 1. The third kappa shape index (κ3) is 2.47. The second-order valence-electron chi connectivity index (χ2n) is 5.04. The molecular formula is C12H17ClN4O. The zero-order valence-corrected chi connectivity index (χ0v) is 11.6. The number of aromatic nitrogens is 2. The lowest BCUT2D eigenvalue weighted by molar-refractivity contribution is -0.147. The molecule has 1 aliphatic rings. The molecule has 18 heavy (non-hydrogen) atoms. The number of hydrogen-bond acceptors (Lipinski definition) is 4. The lowest BCUT2D eigenvalue weighted by Crippen LogP contribution is -2.61. The van der Waals surface area contributed by atoms with Gasteiger partial charge in [0.25, 0.3) is 0 Å². The van der Waals surface area contributed by atoms with Gasteiger partial charge in [0, 0.05) is 26.7 Å². The van der Waals surface area contributed by atoms with Crippen LogP contribution in [0.4, 0.5) is 0 Å². The molecule has 98 valence electrons. The van der Waals surface area contributed by atoms with Crippen LogP contribution in [0.25, 0.3) is 0 Å². The Morgan fingerprint density at radius 1 is 1.33 bits per heavy atom. The summed E-state index contributed by atoms with van der Waals surface area (Å²) >= 11 is 5.70. The number of piperazine rings is 1. The number of halogens is 1. The smallest absolute Gasteiger partial charge is 0.242 e. The van der Waals surface area contributed by atoms with Crippen LogP contribution in [0.5, 0.6) is 0 Å². The van der Waals surface area contributed by atoms with E-state index in [4.69, 9.17) is 11.6 Å². The fourth-order valence-corrected chi connectivity index (χ4v) is 2.24. The predicted molar refractivity (Wildman–Crippen MR) is 69.2 cm³/mol. The number of rotatable bonds is 2. The fourth-order valence-electron chi connectivity index (χ4n) is 2.15. The number of nitrogens with zero attached hydrogens (tertiary/aromatic N) is 4. The number of likely N-dealkylation sites (N-methyl/N-ethyl adjacent to an activating group) is 1. The zero-order valence-electron chi connectivity index (χ0n) is 10.9. The van der Waals surface area contributed by atoms with Gasteiger partial charge in [-0.3, -0.25) is 14.7 Å². The Balaban J connectivity index is 2.14. The zero-order chi connectivity index (χ0) is 13.3. The number of hydrogen-bond donors (Lipinski definition) is 0. The van der Waals surface area contributed by atoms with E-state index < -0.39 is 5.54 Å². The Labute approximate surface area is 112 Å². The predicted octanol–water partition coefficient (Wildman–Crippen LogP) is 1.18. The monoisotopic (exact) mass is 268 g/mol. The molecule has 6 heteroatoms. The SMILES string of the molecule is CN1CCN(Cc2cnc(Cl)cn2)C(C)(C)C1=O. The maximum atomic E-state index is 12.1. The van der Waals surface area contributed by atoms with Gasteiger partial charge < -0.3 is 4.90 Å². The molecule has 0 bridgehead atoms. The molecule has 1 saturated heterocycles. The van der Waals surface area contributed by atoms with E-state index in [0.717, 1.165) is 18.8 Å². The van der Waals surface area contributed by atoms with Gasteiger partial charge >= 0.3 is 0 Å². The molecule has 0 saturated carbocycles. The molecule has 0 unspecified atom stereocenters. The minimum Gasteiger partial charge on any atom is -0.343 e. The van der Waals surface area contributed by atoms with E-state index in [9.17, 15) is 4.79 Å². The summed E-state index contributed by atoms with van der Waals surface area (Å²) in [6.45, 7) is 6.06. The van der Waals surface area contributed by atoms with E-state index in [1.165, 1.54) is 6.20 Å². The first kappa shape index (κ1) is 13.2. The second kappa shape index (κ2) is 4.82. The maximum Gasteiger partial charge on any atom is 0.242 e. The van der Waals surface area contributed by atoms with Crippen molar-refractivity contribution in [2.24, 2.45) is 0 Å². The lowest BCUT2D eigenvalue weighted by atomic mass is 9.97. The van der Waals surface area contributed by atoms with E-state index in [1.54, 1.807) is 11.1 Å². The van der Waals surface area contributed by atoms with Crippen molar-refractivity contribution in [1.82, 2.24) is 19.8 Å². The summed E-state index contributed by atoms with van der Waals surface area (Å²) < 4.78 is 0. The molecule has 0 aliphatic carbocycles. The van der Waals surface area contributed by atoms with Crippen molar-refractivity contribution >= 4 is 17.5 Å². The van der Waals surface area contributed by atoms with Crippen molar-refractivity contribution < 1.29 is 4.79 Å². The average molecular weight is 269 g/mol. The highest BCUT2D eigenvalue weighted by molar-refractivity contribution is 6.29.